The number of ether oxygens (including phenoxy) is 1. The zero-order valence-corrected chi connectivity index (χ0v) is 19.0. The minimum Gasteiger partial charge on any atom is -0.378 e. The molecular formula is C20H22Cl2N4O3S. The number of fused-ring (bicyclic) bond motifs is 1. The second-order valence-electron chi connectivity index (χ2n) is 7.29. The highest BCUT2D eigenvalue weighted by molar-refractivity contribution is 7.92. The lowest BCUT2D eigenvalue weighted by Gasteiger charge is -2.29. The van der Waals surface area contributed by atoms with E-state index < -0.39 is 10.0 Å². The predicted octanol–water partition coefficient (Wildman–Crippen LogP) is 3.91. The van der Waals surface area contributed by atoms with E-state index >= 15 is 0 Å². The minimum absolute atomic E-state index is 0.454. The van der Waals surface area contributed by atoms with Crippen LogP contribution in [0.2, 0.25) is 10.0 Å². The van der Waals surface area contributed by atoms with Gasteiger partial charge in [-0.05, 0) is 30.7 Å². The molecule has 3 aromatic rings. The number of nitrogens with one attached hydrogen (secondary N) is 1. The van der Waals surface area contributed by atoms with Crippen molar-refractivity contribution in [2.75, 3.05) is 42.2 Å². The molecule has 2 heterocycles. The third-order valence-electron chi connectivity index (χ3n) is 5.06. The number of benzene rings is 2. The fraction of sp³-hybridized carbons (Fsp3) is 0.350. The van der Waals surface area contributed by atoms with Crippen LogP contribution in [-0.4, -0.2) is 50.5 Å². The highest BCUT2D eigenvalue weighted by atomic mass is 35.5. The number of hydrogen-bond acceptors (Lipinski definition) is 5. The number of aryl methyl sites for hydroxylation is 1. The van der Waals surface area contributed by atoms with Crippen LogP contribution in [0, 0.1) is 6.92 Å². The van der Waals surface area contributed by atoms with E-state index in [4.69, 9.17) is 27.9 Å². The van der Waals surface area contributed by atoms with Crippen LogP contribution < -0.4 is 9.62 Å². The normalized spacial score (nSPS) is 15.0. The van der Waals surface area contributed by atoms with Crippen molar-refractivity contribution in [1.29, 1.82) is 0 Å². The van der Waals surface area contributed by atoms with Gasteiger partial charge in [0.15, 0.2) is 0 Å². The van der Waals surface area contributed by atoms with Crippen LogP contribution in [0.5, 0.6) is 0 Å². The quantitative estimate of drug-likeness (QED) is 0.614. The van der Waals surface area contributed by atoms with Crippen molar-refractivity contribution in [2.24, 2.45) is 0 Å². The average molecular weight is 469 g/mol. The largest absolute Gasteiger partial charge is 0.378 e. The van der Waals surface area contributed by atoms with Crippen LogP contribution in [0.25, 0.3) is 11.0 Å². The fourth-order valence-corrected chi connectivity index (χ4v) is 4.58. The Balaban J connectivity index is 1.87. The summed E-state index contributed by atoms with van der Waals surface area (Å²) in [4.78, 5) is 6.82. The van der Waals surface area contributed by atoms with Crippen LogP contribution in [0.3, 0.4) is 0 Å². The first-order valence-corrected chi connectivity index (χ1v) is 12.1. The topological polar surface area (TPSA) is 76.5 Å². The predicted molar refractivity (Wildman–Crippen MR) is 122 cm³/mol. The summed E-state index contributed by atoms with van der Waals surface area (Å²) >= 11 is 12.6. The summed E-state index contributed by atoms with van der Waals surface area (Å²) in [5.41, 5.74) is 3.64. The van der Waals surface area contributed by atoms with E-state index in [0.29, 0.717) is 41.0 Å². The van der Waals surface area contributed by atoms with Crippen molar-refractivity contribution in [3.63, 3.8) is 0 Å². The van der Waals surface area contributed by atoms with Crippen LogP contribution >= 0.6 is 23.2 Å². The zero-order chi connectivity index (χ0) is 21.5. The van der Waals surface area contributed by atoms with Crippen LogP contribution in [0.15, 0.2) is 30.3 Å². The maximum absolute atomic E-state index is 12.0. The Hall–Kier alpha value is -2.00. The van der Waals surface area contributed by atoms with Crippen LogP contribution in [0.4, 0.5) is 11.4 Å². The van der Waals surface area contributed by atoms with Gasteiger partial charge in [-0.3, -0.25) is 4.72 Å². The summed E-state index contributed by atoms with van der Waals surface area (Å²) in [5.74, 6) is 0.747. The van der Waals surface area contributed by atoms with Crippen LogP contribution in [-0.2, 0) is 21.3 Å². The number of aromatic nitrogens is 2. The molecule has 0 radical (unpaired) electrons. The fourth-order valence-electron chi connectivity index (χ4n) is 3.65. The molecule has 0 unspecified atom stereocenters. The number of rotatable bonds is 5. The van der Waals surface area contributed by atoms with Crippen molar-refractivity contribution >= 4 is 55.6 Å². The van der Waals surface area contributed by atoms with Gasteiger partial charge in [-0.1, -0.05) is 35.3 Å². The zero-order valence-electron chi connectivity index (χ0n) is 16.7. The third-order valence-corrected chi connectivity index (χ3v) is 6.51. The molecule has 0 bridgehead atoms. The standard InChI is InChI=1S/C20H22Cl2N4O3S/c1-13-23-20-17(24-30(2,27)28)10-15(25-6-8-29-9-7-25)11-18(20)26(13)12-14-4-3-5-16(21)19(14)22/h3-5,10-11,24H,6-9,12H2,1-2H3. The highest BCUT2D eigenvalue weighted by Crippen LogP contribution is 2.33. The molecule has 1 N–H and O–H groups in total. The van der Waals surface area contributed by atoms with Gasteiger partial charge in [0.05, 0.1) is 47.3 Å². The Kier molecular flexibility index (Phi) is 5.85. The average Bonchev–Trinajstić information content (AvgIpc) is 3.01. The molecular weight excluding hydrogens is 447 g/mol. The molecule has 1 saturated heterocycles. The molecule has 1 aromatic heterocycles. The molecule has 0 aliphatic carbocycles. The molecule has 0 atom stereocenters. The lowest BCUT2D eigenvalue weighted by molar-refractivity contribution is 0.122. The van der Waals surface area contributed by atoms with Gasteiger partial charge < -0.3 is 14.2 Å². The monoisotopic (exact) mass is 468 g/mol. The Bertz CT molecular complexity index is 1200. The summed E-state index contributed by atoms with van der Waals surface area (Å²) in [7, 11) is -3.47. The molecule has 10 heteroatoms. The number of halogens is 2. The molecule has 0 spiro atoms. The molecule has 1 aliphatic rings. The first kappa shape index (κ1) is 21.2. The Morgan fingerprint density at radius 3 is 2.63 bits per heavy atom. The molecule has 1 fully saturated rings. The van der Waals surface area contributed by atoms with Crippen molar-refractivity contribution in [1.82, 2.24) is 9.55 Å². The number of morpholine rings is 1. The third kappa shape index (κ3) is 4.37. The number of imidazole rings is 1. The van der Waals surface area contributed by atoms with Crippen molar-refractivity contribution < 1.29 is 13.2 Å². The summed E-state index contributed by atoms with van der Waals surface area (Å²) < 4.78 is 34.1. The Morgan fingerprint density at radius 2 is 1.93 bits per heavy atom. The first-order chi connectivity index (χ1) is 14.2. The van der Waals surface area contributed by atoms with Gasteiger partial charge in [0.25, 0.3) is 0 Å². The smallest absolute Gasteiger partial charge is 0.229 e. The number of sulfonamides is 1. The molecule has 0 amide bonds. The van der Waals surface area contributed by atoms with Gasteiger partial charge in [-0.15, -0.1) is 0 Å². The summed E-state index contributed by atoms with van der Waals surface area (Å²) in [6.07, 6.45) is 1.13. The Labute approximate surface area is 185 Å². The summed E-state index contributed by atoms with van der Waals surface area (Å²) in [6, 6.07) is 9.39. The van der Waals surface area contributed by atoms with E-state index in [1.807, 2.05) is 35.8 Å². The maximum atomic E-state index is 12.0. The number of anilines is 2. The molecule has 0 saturated carbocycles. The SMILES string of the molecule is Cc1nc2c(NS(C)(=O)=O)cc(N3CCOCC3)cc2n1Cc1cccc(Cl)c1Cl. The van der Waals surface area contributed by atoms with E-state index in [9.17, 15) is 8.42 Å². The van der Waals surface area contributed by atoms with Gasteiger partial charge >= 0.3 is 0 Å². The first-order valence-electron chi connectivity index (χ1n) is 9.47. The van der Waals surface area contributed by atoms with Crippen molar-refractivity contribution in [2.45, 2.75) is 13.5 Å². The van der Waals surface area contributed by atoms with Gasteiger partial charge in [0.1, 0.15) is 11.3 Å². The van der Waals surface area contributed by atoms with E-state index in [0.717, 1.165) is 41.9 Å². The maximum Gasteiger partial charge on any atom is 0.229 e. The molecule has 30 heavy (non-hydrogen) atoms. The Morgan fingerprint density at radius 1 is 1.20 bits per heavy atom. The molecule has 160 valence electrons. The summed E-state index contributed by atoms with van der Waals surface area (Å²) in [5, 5.41) is 0.990. The van der Waals surface area contributed by atoms with Gasteiger partial charge in [0.2, 0.25) is 10.0 Å². The van der Waals surface area contributed by atoms with Crippen LogP contribution in [0.1, 0.15) is 11.4 Å². The van der Waals surface area contributed by atoms with Crippen molar-refractivity contribution in [3.8, 4) is 0 Å². The molecule has 1 aliphatic heterocycles. The molecule has 2 aromatic carbocycles. The molecule has 7 nitrogen and oxygen atoms in total. The number of nitrogens with zero attached hydrogens (tertiary/aromatic N) is 3. The van der Waals surface area contributed by atoms with Crippen molar-refractivity contribution in [3.05, 3.63) is 51.8 Å². The minimum atomic E-state index is -3.47. The number of hydrogen-bond donors (Lipinski definition) is 1. The van der Waals surface area contributed by atoms with Gasteiger partial charge in [0, 0.05) is 18.8 Å². The van der Waals surface area contributed by atoms with Gasteiger partial charge in [-0.2, -0.15) is 0 Å². The second-order valence-corrected chi connectivity index (χ2v) is 9.83. The molecule has 4 rings (SSSR count). The lowest BCUT2D eigenvalue weighted by atomic mass is 10.2. The van der Waals surface area contributed by atoms with E-state index in [2.05, 4.69) is 14.6 Å². The van der Waals surface area contributed by atoms with E-state index in [1.165, 1.54) is 0 Å². The van der Waals surface area contributed by atoms with Gasteiger partial charge in [-0.25, -0.2) is 13.4 Å². The lowest BCUT2D eigenvalue weighted by Crippen LogP contribution is -2.36. The van der Waals surface area contributed by atoms with E-state index in [1.54, 1.807) is 6.07 Å². The highest BCUT2D eigenvalue weighted by Gasteiger charge is 2.20. The summed E-state index contributed by atoms with van der Waals surface area (Å²) in [6.45, 7) is 5.07. The van der Waals surface area contributed by atoms with E-state index in [-0.39, 0.29) is 0 Å². The second kappa shape index (κ2) is 8.26.